The fourth-order valence-corrected chi connectivity index (χ4v) is 3.91. The largest absolute Gasteiger partial charge is 0.508 e. The van der Waals surface area contributed by atoms with Gasteiger partial charge >= 0.3 is 0 Å². The molecule has 1 aliphatic rings. The Labute approximate surface area is 159 Å². The summed E-state index contributed by atoms with van der Waals surface area (Å²) in [7, 11) is 2.14. The highest BCUT2D eigenvalue weighted by molar-refractivity contribution is 5.57. The number of phenols is 1. The number of benzene rings is 1. The Morgan fingerprint density at radius 3 is 2.48 bits per heavy atom. The molecule has 2 aromatic rings. The van der Waals surface area contributed by atoms with Crippen LogP contribution in [0.4, 0.5) is 21.8 Å². The lowest BCUT2D eigenvalue weighted by molar-refractivity contribution is -0.00778. The van der Waals surface area contributed by atoms with E-state index in [0.29, 0.717) is 5.69 Å². The number of anilines is 3. The van der Waals surface area contributed by atoms with Crippen molar-refractivity contribution in [3.63, 3.8) is 0 Å². The molecule has 2 heterocycles. The fraction of sp³-hybridized carbons (Fsp3) is 0.500. The Hall–Kier alpha value is -2.41. The summed E-state index contributed by atoms with van der Waals surface area (Å²) < 4.78 is 14.3. The number of hydrogen-bond donors (Lipinski definition) is 3. The number of rotatable bonds is 4. The summed E-state index contributed by atoms with van der Waals surface area (Å²) in [6.45, 7) is 8.81. The predicted octanol–water partition coefficient (Wildman–Crippen LogP) is 4.13. The van der Waals surface area contributed by atoms with Gasteiger partial charge in [-0.05, 0) is 59.7 Å². The van der Waals surface area contributed by atoms with Gasteiger partial charge in [-0.1, -0.05) is 6.07 Å². The third kappa shape index (κ3) is 4.30. The molecule has 1 saturated heterocycles. The number of nitrogens with one attached hydrogen (secondary N) is 2. The average Bonchev–Trinajstić information content (AvgIpc) is 2.55. The zero-order valence-corrected chi connectivity index (χ0v) is 16.5. The van der Waals surface area contributed by atoms with E-state index in [0.717, 1.165) is 19.0 Å². The second-order valence-electron chi connectivity index (χ2n) is 8.50. The highest BCUT2D eigenvalue weighted by Crippen LogP contribution is 2.38. The van der Waals surface area contributed by atoms with Crippen LogP contribution in [0.15, 0.2) is 30.5 Å². The number of halogens is 1. The topological polar surface area (TPSA) is 73.3 Å². The van der Waals surface area contributed by atoms with Crippen LogP contribution < -0.4 is 10.6 Å². The lowest BCUT2D eigenvalue weighted by Crippen LogP contribution is -2.61. The van der Waals surface area contributed by atoms with Crippen molar-refractivity contribution < 1.29 is 9.50 Å². The second kappa shape index (κ2) is 6.96. The van der Waals surface area contributed by atoms with Gasteiger partial charge < -0.3 is 15.7 Å². The van der Waals surface area contributed by atoms with Gasteiger partial charge in [0.1, 0.15) is 5.75 Å². The number of phenolic OH excluding ortho intramolecular Hbond substituents is 1. The normalized spacial score (nSPS) is 19.6. The number of likely N-dealkylation sites (tertiary alicyclic amines) is 1. The molecule has 1 aliphatic heterocycles. The fourth-order valence-electron chi connectivity index (χ4n) is 3.91. The molecule has 1 aromatic carbocycles. The van der Waals surface area contributed by atoms with Gasteiger partial charge in [-0.25, -0.2) is 9.37 Å². The Kier molecular flexibility index (Phi) is 4.99. The molecule has 0 saturated carbocycles. The van der Waals surface area contributed by atoms with Crippen LogP contribution in [0.5, 0.6) is 5.75 Å². The average molecular weight is 373 g/mol. The monoisotopic (exact) mass is 373 g/mol. The second-order valence-corrected chi connectivity index (χ2v) is 8.50. The van der Waals surface area contributed by atoms with Crippen molar-refractivity contribution in [1.29, 1.82) is 0 Å². The Bertz CT molecular complexity index is 806. The van der Waals surface area contributed by atoms with Crippen LogP contribution in [-0.4, -0.2) is 44.1 Å². The summed E-state index contributed by atoms with van der Waals surface area (Å²) >= 11 is 0. The first-order valence-electron chi connectivity index (χ1n) is 9.16. The summed E-state index contributed by atoms with van der Waals surface area (Å²) in [6, 6.07) is 6.73. The van der Waals surface area contributed by atoms with Crippen LogP contribution in [0.25, 0.3) is 0 Å². The van der Waals surface area contributed by atoms with Crippen molar-refractivity contribution in [3.8, 4) is 5.75 Å². The molecule has 3 rings (SSSR count). The maximum absolute atomic E-state index is 14.3. The molecule has 0 radical (unpaired) electrons. The summed E-state index contributed by atoms with van der Waals surface area (Å²) in [5, 5.41) is 15.8. The van der Waals surface area contributed by atoms with Gasteiger partial charge in [-0.15, -0.1) is 0 Å². The molecule has 1 aromatic heterocycles. The molecule has 0 spiro atoms. The van der Waals surface area contributed by atoms with Crippen molar-refractivity contribution in [2.75, 3.05) is 17.7 Å². The minimum Gasteiger partial charge on any atom is -0.508 e. The van der Waals surface area contributed by atoms with Gasteiger partial charge in [-0.3, -0.25) is 4.90 Å². The molecule has 146 valence electrons. The van der Waals surface area contributed by atoms with Gasteiger partial charge in [0.2, 0.25) is 5.95 Å². The molecular weight excluding hydrogens is 345 g/mol. The first kappa shape index (κ1) is 19.4. The number of nitrogens with zero attached hydrogens (tertiary/aromatic N) is 3. The molecule has 0 unspecified atom stereocenters. The molecule has 6 nitrogen and oxygen atoms in total. The van der Waals surface area contributed by atoms with Crippen LogP contribution in [0, 0.1) is 5.82 Å². The summed E-state index contributed by atoms with van der Waals surface area (Å²) in [5.74, 6) is 0.118. The number of piperidine rings is 1. The minimum atomic E-state index is -0.481. The molecule has 0 atom stereocenters. The molecule has 0 bridgehead atoms. The highest BCUT2D eigenvalue weighted by Gasteiger charge is 2.43. The van der Waals surface area contributed by atoms with E-state index in [4.69, 9.17) is 0 Å². The van der Waals surface area contributed by atoms with Gasteiger partial charge in [0.05, 0.1) is 6.20 Å². The Balaban J connectivity index is 1.79. The minimum absolute atomic E-state index is 0.00836. The van der Waals surface area contributed by atoms with Crippen molar-refractivity contribution >= 4 is 17.5 Å². The third-order valence-electron chi connectivity index (χ3n) is 5.50. The van der Waals surface area contributed by atoms with E-state index in [1.165, 1.54) is 0 Å². The number of hydrogen-bond acceptors (Lipinski definition) is 6. The zero-order chi connectivity index (χ0) is 19.8. The molecule has 0 amide bonds. The van der Waals surface area contributed by atoms with Crippen LogP contribution in [0.1, 0.15) is 40.5 Å². The van der Waals surface area contributed by atoms with Crippen LogP contribution in [-0.2, 0) is 0 Å². The molecule has 27 heavy (non-hydrogen) atoms. The lowest BCUT2D eigenvalue weighted by Gasteiger charge is -2.53. The predicted molar refractivity (Wildman–Crippen MR) is 106 cm³/mol. The molecule has 7 heteroatoms. The highest BCUT2D eigenvalue weighted by atomic mass is 19.1. The standard InChI is InChI=1S/C20H28FN5O/c1-19(2)10-14(11-20(3,4)26(19)5)23-17-16(21)12-22-18(25-17)24-13-7-6-8-15(27)9-13/h6-9,12,14,27H,10-11H2,1-5H3,(H2,22,23,24,25). The Morgan fingerprint density at radius 2 is 1.85 bits per heavy atom. The molecule has 1 fully saturated rings. The molecule has 3 N–H and O–H groups in total. The van der Waals surface area contributed by atoms with Crippen molar-refractivity contribution in [1.82, 2.24) is 14.9 Å². The van der Waals surface area contributed by atoms with Crippen LogP contribution in [0.3, 0.4) is 0 Å². The van der Waals surface area contributed by atoms with E-state index in [2.05, 4.69) is 60.2 Å². The van der Waals surface area contributed by atoms with Gasteiger partial charge in [0.15, 0.2) is 11.6 Å². The zero-order valence-electron chi connectivity index (χ0n) is 16.5. The van der Waals surface area contributed by atoms with Crippen molar-refractivity contribution in [3.05, 3.63) is 36.3 Å². The first-order chi connectivity index (χ1) is 12.6. The van der Waals surface area contributed by atoms with E-state index in [1.54, 1.807) is 24.3 Å². The summed E-state index contributed by atoms with van der Waals surface area (Å²) in [6.07, 6.45) is 2.92. The van der Waals surface area contributed by atoms with E-state index >= 15 is 0 Å². The van der Waals surface area contributed by atoms with Crippen LogP contribution >= 0.6 is 0 Å². The quantitative estimate of drug-likeness (QED) is 0.748. The summed E-state index contributed by atoms with van der Waals surface area (Å²) in [5.41, 5.74) is 0.617. The van der Waals surface area contributed by atoms with E-state index in [1.807, 2.05) is 0 Å². The van der Waals surface area contributed by atoms with Crippen molar-refractivity contribution in [2.45, 2.75) is 57.7 Å². The first-order valence-corrected chi connectivity index (χ1v) is 9.16. The number of aromatic hydroxyl groups is 1. The maximum atomic E-state index is 14.3. The van der Waals surface area contributed by atoms with Gasteiger partial charge in [0.25, 0.3) is 0 Å². The Morgan fingerprint density at radius 1 is 1.19 bits per heavy atom. The van der Waals surface area contributed by atoms with Gasteiger partial charge in [-0.2, -0.15) is 4.98 Å². The van der Waals surface area contributed by atoms with Crippen molar-refractivity contribution in [2.24, 2.45) is 0 Å². The smallest absolute Gasteiger partial charge is 0.229 e. The molecular formula is C20H28FN5O. The molecule has 0 aliphatic carbocycles. The van der Waals surface area contributed by atoms with E-state index in [-0.39, 0.29) is 34.6 Å². The van der Waals surface area contributed by atoms with E-state index in [9.17, 15) is 9.50 Å². The third-order valence-corrected chi connectivity index (χ3v) is 5.50. The van der Waals surface area contributed by atoms with Crippen LogP contribution in [0.2, 0.25) is 0 Å². The lowest BCUT2D eigenvalue weighted by atomic mass is 9.77. The summed E-state index contributed by atoms with van der Waals surface area (Å²) in [4.78, 5) is 10.7. The SMILES string of the molecule is CN1C(C)(C)CC(Nc2nc(Nc3cccc(O)c3)ncc2F)CC1(C)C. The number of aromatic nitrogens is 2. The van der Waals surface area contributed by atoms with E-state index < -0.39 is 5.82 Å². The van der Waals surface area contributed by atoms with Gasteiger partial charge in [0, 0.05) is 28.9 Å². The maximum Gasteiger partial charge on any atom is 0.229 e.